The van der Waals surface area contributed by atoms with E-state index in [1.165, 1.54) is 44.9 Å². The second-order valence-corrected chi connectivity index (χ2v) is 6.54. The Morgan fingerprint density at radius 2 is 1.65 bits per heavy atom. The Bertz CT molecular complexity index is 523. The van der Waals surface area contributed by atoms with Gasteiger partial charge in [-0.2, -0.15) is 5.10 Å². The highest BCUT2D eigenvalue weighted by molar-refractivity contribution is 5.82. The van der Waals surface area contributed by atoms with Crippen molar-refractivity contribution in [3.05, 3.63) is 42.5 Å². The third-order valence-electron chi connectivity index (χ3n) is 4.16. The van der Waals surface area contributed by atoms with Crippen LogP contribution >= 0.6 is 0 Å². The Balaban J connectivity index is 2.06. The summed E-state index contributed by atoms with van der Waals surface area (Å²) in [6.07, 6.45) is 15.2. The number of carbonyl (C=O) groups excluding carboxylic acids is 1. The van der Waals surface area contributed by atoms with Gasteiger partial charge in [0.25, 0.3) is 0 Å². The lowest BCUT2D eigenvalue weighted by Crippen LogP contribution is -2.16. The van der Waals surface area contributed by atoms with Crippen molar-refractivity contribution >= 4 is 12.1 Å². The highest BCUT2D eigenvalue weighted by Gasteiger charge is 1.99. The van der Waals surface area contributed by atoms with E-state index in [0.717, 1.165) is 24.2 Å². The van der Waals surface area contributed by atoms with Gasteiger partial charge in [0.2, 0.25) is 5.91 Å². The summed E-state index contributed by atoms with van der Waals surface area (Å²) in [5.74, 6) is 0.770. The molecule has 4 heteroatoms. The minimum absolute atomic E-state index is 0.0184. The molecule has 0 fully saturated rings. The number of amides is 1. The van der Waals surface area contributed by atoms with Gasteiger partial charge in [0.15, 0.2) is 0 Å². The predicted octanol–water partition coefficient (Wildman–Crippen LogP) is 5.62. The molecule has 1 rings (SSSR count). The van der Waals surface area contributed by atoms with Gasteiger partial charge in [-0.25, -0.2) is 5.43 Å². The van der Waals surface area contributed by atoms with Crippen LogP contribution in [0.4, 0.5) is 0 Å². The van der Waals surface area contributed by atoms with E-state index < -0.39 is 0 Å². The maximum absolute atomic E-state index is 11.8. The van der Waals surface area contributed by atoms with Gasteiger partial charge >= 0.3 is 0 Å². The molecule has 0 aliphatic heterocycles. The van der Waals surface area contributed by atoms with Crippen LogP contribution < -0.4 is 10.2 Å². The average molecular weight is 359 g/mol. The molecule has 144 valence electrons. The quantitative estimate of drug-likeness (QED) is 0.191. The van der Waals surface area contributed by atoms with Crippen LogP contribution in [-0.2, 0) is 4.79 Å². The second-order valence-electron chi connectivity index (χ2n) is 6.54. The third kappa shape index (κ3) is 11.5. The molecule has 0 unspecified atom stereocenters. The number of hydrogen-bond acceptors (Lipinski definition) is 3. The number of nitrogens with zero attached hydrogens (tertiary/aromatic N) is 1. The summed E-state index contributed by atoms with van der Waals surface area (Å²) in [7, 11) is 0. The third-order valence-corrected chi connectivity index (χ3v) is 4.16. The van der Waals surface area contributed by atoms with E-state index >= 15 is 0 Å². The zero-order chi connectivity index (χ0) is 18.9. The molecule has 4 nitrogen and oxygen atoms in total. The van der Waals surface area contributed by atoms with Crippen LogP contribution in [0.3, 0.4) is 0 Å². The van der Waals surface area contributed by atoms with Gasteiger partial charge in [-0.15, -0.1) is 0 Å². The monoisotopic (exact) mass is 358 g/mol. The molecular formula is C22H34N2O2. The number of hydrogen-bond donors (Lipinski definition) is 1. The van der Waals surface area contributed by atoms with E-state index in [4.69, 9.17) is 4.74 Å². The van der Waals surface area contributed by atoms with Crippen molar-refractivity contribution in [3.8, 4) is 5.75 Å². The summed E-state index contributed by atoms with van der Waals surface area (Å²) in [5, 5.41) is 4.01. The number of nitrogens with one attached hydrogen (secondary N) is 1. The van der Waals surface area contributed by atoms with Gasteiger partial charge in [-0.3, -0.25) is 4.79 Å². The molecule has 0 radical (unpaired) electrons. The Morgan fingerprint density at radius 3 is 2.27 bits per heavy atom. The van der Waals surface area contributed by atoms with E-state index in [-0.39, 0.29) is 5.91 Å². The summed E-state index contributed by atoms with van der Waals surface area (Å²) in [5.41, 5.74) is 3.51. The first-order valence-electron chi connectivity index (χ1n) is 9.92. The molecule has 0 spiro atoms. The number of rotatable bonds is 15. The minimum Gasteiger partial charge on any atom is -0.490 e. The van der Waals surface area contributed by atoms with Crippen molar-refractivity contribution in [2.24, 2.45) is 5.10 Å². The lowest BCUT2D eigenvalue weighted by Gasteiger charge is -2.03. The Kier molecular flexibility index (Phi) is 12.8. The van der Waals surface area contributed by atoms with E-state index in [2.05, 4.69) is 24.0 Å². The smallest absolute Gasteiger partial charge is 0.240 e. The van der Waals surface area contributed by atoms with Crippen LogP contribution in [0, 0.1) is 0 Å². The van der Waals surface area contributed by atoms with Crippen molar-refractivity contribution in [3.63, 3.8) is 0 Å². The molecule has 0 heterocycles. The number of hydrazone groups is 1. The summed E-state index contributed by atoms with van der Waals surface area (Å²) in [6, 6.07) is 7.53. The van der Waals surface area contributed by atoms with Crippen molar-refractivity contribution < 1.29 is 9.53 Å². The summed E-state index contributed by atoms with van der Waals surface area (Å²) in [6.45, 7) is 6.34. The molecule has 0 aliphatic carbocycles. The molecule has 1 N–H and O–H groups in total. The number of carbonyl (C=O) groups is 1. The fourth-order valence-electron chi connectivity index (χ4n) is 2.64. The van der Waals surface area contributed by atoms with Crippen LogP contribution in [0.15, 0.2) is 42.0 Å². The SMILES string of the molecule is C=CCOc1ccc(/C=N\NC(=O)CCCCCCCCCCC)cc1. The lowest BCUT2D eigenvalue weighted by atomic mass is 10.1. The number of ether oxygens (including phenoxy) is 1. The van der Waals surface area contributed by atoms with Crippen LogP contribution in [0.2, 0.25) is 0 Å². The van der Waals surface area contributed by atoms with Gasteiger partial charge in [0, 0.05) is 6.42 Å². The molecule has 26 heavy (non-hydrogen) atoms. The Morgan fingerprint density at radius 1 is 1.04 bits per heavy atom. The van der Waals surface area contributed by atoms with Crippen molar-refractivity contribution in [2.45, 2.75) is 71.1 Å². The van der Waals surface area contributed by atoms with E-state index in [1.807, 2.05) is 24.3 Å². The maximum Gasteiger partial charge on any atom is 0.240 e. The van der Waals surface area contributed by atoms with Gasteiger partial charge in [0.1, 0.15) is 12.4 Å². The zero-order valence-corrected chi connectivity index (χ0v) is 16.2. The van der Waals surface area contributed by atoms with E-state index in [0.29, 0.717) is 13.0 Å². The van der Waals surface area contributed by atoms with Crippen LogP contribution in [0.1, 0.15) is 76.7 Å². The predicted molar refractivity (Wildman–Crippen MR) is 110 cm³/mol. The topological polar surface area (TPSA) is 50.7 Å². The largest absolute Gasteiger partial charge is 0.490 e. The molecule has 0 saturated heterocycles. The van der Waals surface area contributed by atoms with Gasteiger partial charge in [-0.05, 0) is 36.2 Å². The fraction of sp³-hybridized carbons (Fsp3) is 0.545. The van der Waals surface area contributed by atoms with Gasteiger partial charge in [-0.1, -0.05) is 70.9 Å². The molecule has 1 amide bonds. The van der Waals surface area contributed by atoms with Crippen molar-refractivity contribution in [1.82, 2.24) is 5.43 Å². The lowest BCUT2D eigenvalue weighted by molar-refractivity contribution is -0.121. The molecule has 0 saturated carbocycles. The molecular weight excluding hydrogens is 324 g/mol. The van der Waals surface area contributed by atoms with Gasteiger partial charge < -0.3 is 4.74 Å². The number of benzene rings is 1. The first-order valence-corrected chi connectivity index (χ1v) is 9.92. The molecule has 1 aromatic carbocycles. The minimum atomic E-state index is -0.0184. The summed E-state index contributed by atoms with van der Waals surface area (Å²) >= 11 is 0. The maximum atomic E-state index is 11.8. The highest BCUT2D eigenvalue weighted by atomic mass is 16.5. The molecule has 1 aromatic rings. The van der Waals surface area contributed by atoms with Crippen LogP contribution in [0.5, 0.6) is 5.75 Å². The molecule has 0 bridgehead atoms. The Labute approximate surface area is 158 Å². The standard InChI is InChI=1S/C22H34N2O2/c1-3-5-6-7-8-9-10-11-12-13-22(25)24-23-19-20-14-16-21(17-15-20)26-18-4-2/h4,14-17,19H,2-3,5-13,18H2,1H3,(H,24,25)/b23-19-. The van der Waals surface area contributed by atoms with Gasteiger partial charge in [0.05, 0.1) is 6.21 Å². The van der Waals surface area contributed by atoms with E-state index in [1.54, 1.807) is 12.3 Å². The van der Waals surface area contributed by atoms with Crippen molar-refractivity contribution in [1.29, 1.82) is 0 Å². The van der Waals surface area contributed by atoms with Crippen LogP contribution in [0.25, 0.3) is 0 Å². The highest BCUT2D eigenvalue weighted by Crippen LogP contribution is 2.11. The fourth-order valence-corrected chi connectivity index (χ4v) is 2.64. The first-order chi connectivity index (χ1) is 12.8. The second kappa shape index (κ2) is 15.2. The normalized spacial score (nSPS) is 10.8. The summed E-state index contributed by atoms with van der Waals surface area (Å²) in [4.78, 5) is 11.8. The zero-order valence-electron chi connectivity index (χ0n) is 16.2. The molecule has 0 aromatic heterocycles. The Hall–Kier alpha value is -2.10. The number of unbranched alkanes of at least 4 members (excludes halogenated alkanes) is 8. The van der Waals surface area contributed by atoms with E-state index in [9.17, 15) is 4.79 Å². The first kappa shape index (κ1) is 21.9. The summed E-state index contributed by atoms with van der Waals surface area (Å²) < 4.78 is 5.42. The molecule has 0 aliphatic rings. The molecule has 0 atom stereocenters. The van der Waals surface area contributed by atoms with Crippen LogP contribution in [-0.4, -0.2) is 18.7 Å². The average Bonchev–Trinajstić information content (AvgIpc) is 2.66. The van der Waals surface area contributed by atoms with Crippen molar-refractivity contribution in [2.75, 3.05) is 6.61 Å².